The van der Waals surface area contributed by atoms with E-state index in [4.69, 9.17) is 11.6 Å². The number of sulfonamides is 1. The molecular formula is C14H17BrClNO3S. The van der Waals surface area contributed by atoms with Crippen LogP contribution in [-0.4, -0.2) is 25.6 Å². The van der Waals surface area contributed by atoms with Crippen LogP contribution >= 0.6 is 27.5 Å². The Morgan fingerprint density at radius 2 is 1.95 bits per heavy atom. The van der Waals surface area contributed by atoms with Crippen molar-refractivity contribution in [3.63, 3.8) is 0 Å². The molecule has 0 atom stereocenters. The van der Waals surface area contributed by atoms with E-state index >= 15 is 0 Å². The van der Waals surface area contributed by atoms with Gasteiger partial charge < -0.3 is 0 Å². The molecule has 1 fully saturated rings. The zero-order valence-corrected chi connectivity index (χ0v) is 14.6. The van der Waals surface area contributed by atoms with Crippen molar-refractivity contribution in [1.82, 2.24) is 4.72 Å². The molecule has 0 bridgehead atoms. The quantitative estimate of drug-likeness (QED) is 0.614. The van der Waals surface area contributed by atoms with E-state index in [1.54, 1.807) is 0 Å². The molecule has 116 valence electrons. The van der Waals surface area contributed by atoms with Gasteiger partial charge in [0.05, 0.1) is 10.4 Å². The molecule has 0 unspecified atom stereocenters. The number of Topliss-reactive ketones (excluding diaryl/α,β-unsaturated/α-hetero) is 1. The highest BCUT2D eigenvalue weighted by molar-refractivity contribution is 9.09. The number of nitrogens with one attached hydrogen (secondary N) is 1. The van der Waals surface area contributed by atoms with E-state index in [0.29, 0.717) is 5.56 Å². The number of ketones is 1. The van der Waals surface area contributed by atoms with E-state index in [9.17, 15) is 13.2 Å². The summed E-state index contributed by atoms with van der Waals surface area (Å²) in [6, 6.07) is 4.28. The van der Waals surface area contributed by atoms with Gasteiger partial charge in [0.1, 0.15) is 4.90 Å². The normalized spacial score (nSPS) is 16.9. The predicted octanol–water partition coefficient (Wildman–Crippen LogP) is 3.53. The first-order valence-corrected chi connectivity index (χ1v) is 9.83. The summed E-state index contributed by atoms with van der Waals surface area (Å²) in [7, 11) is -3.70. The van der Waals surface area contributed by atoms with Crippen LogP contribution < -0.4 is 4.72 Å². The van der Waals surface area contributed by atoms with Crippen LogP contribution in [0.4, 0.5) is 0 Å². The molecule has 1 saturated carbocycles. The van der Waals surface area contributed by atoms with Crippen molar-refractivity contribution in [2.75, 3.05) is 5.33 Å². The summed E-state index contributed by atoms with van der Waals surface area (Å²) in [6.07, 6.45) is 4.90. The molecule has 0 spiro atoms. The van der Waals surface area contributed by atoms with Gasteiger partial charge in [-0.3, -0.25) is 4.79 Å². The molecule has 7 heteroatoms. The number of halogens is 2. The van der Waals surface area contributed by atoms with E-state index < -0.39 is 10.0 Å². The molecule has 0 aromatic heterocycles. The Balaban J connectivity index is 2.27. The molecule has 4 nitrogen and oxygen atoms in total. The van der Waals surface area contributed by atoms with Crippen LogP contribution in [0.3, 0.4) is 0 Å². The molecule has 1 aliphatic rings. The van der Waals surface area contributed by atoms with E-state index in [1.807, 2.05) is 0 Å². The van der Waals surface area contributed by atoms with Crippen molar-refractivity contribution in [3.05, 3.63) is 28.8 Å². The Bertz CT molecular complexity index is 627. The third-order valence-electron chi connectivity index (χ3n) is 3.59. The van der Waals surface area contributed by atoms with Crippen LogP contribution in [0.1, 0.15) is 42.5 Å². The predicted molar refractivity (Wildman–Crippen MR) is 86.8 cm³/mol. The van der Waals surface area contributed by atoms with Crippen molar-refractivity contribution in [2.45, 2.75) is 43.0 Å². The number of hydrogen-bond acceptors (Lipinski definition) is 3. The molecule has 0 amide bonds. The molecule has 0 radical (unpaired) electrons. The van der Waals surface area contributed by atoms with Crippen molar-refractivity contribution < 1.29 is 13.2 Å². The fourth-order valence-electron chi connectivity index (χ4n) is 2.46. The molecular weight excluding hydrogens is 378 g/mol. The summed E-state index contributed by atoms with van der Waals surface area (Å²) in [6.45, 7) is 0. The highest BCUT2D eigenvalue weighted by Crippen LogP contribution is 2.25. The molecule has 21 heavy (non-hydrogen) atoms. The smallest absolute Gasteiger partial charge is 0.242 e. The highest BCUT2D eigenvalue weighted by atomic mass is 79.9. The number of carbonyl (C=O) groups is 1. The van der Waals surface area contributed by atoms with E-state index in [2.05, 4.69) is 20.7 Å². The SMILES string of the molecule is O=C(CBr)c1ccc(Cl)c(S(=O)(=O)NC2CCCCC2)c1. The van der Waals surface area contributed by atoms with Crippen LogP contribution in [0.5, 0.6) is 0 Å². The molecule has 1 aromatic carbocycles. The van der Waals surface area contributed by atoms with E-state index in [1.165, 1.54) is 18.2 Å². The van der Waals surface area contributed by atoms with E-state index in [-0.39, 0.29) is 27.1 Å². The number of hydrogen-bond donors (Lipinski definition) is 1. The summed E-state index contributed by atoms with van der Waals surface area (Å²) < 4.78 is 27.6. The van der Waals surface area contributed by atoms with Crippen LogP contribution in [-0.2, 0) is 10.0 Å². The standard InChI is InChI=1S/C14H17BrClNO3S/c15-9-13(18)10-6-7-12(16)14(8-10)21(19,20)17-11-4-2-1-3-5-11/h6-8,11,17H,1-5,9H2. The molecule has 0 aliphatic heterocycles. The van der Waals surface area contributed by atoms with Crippen molar-refractivity contribution >= 4 is 43.3 Å². The summed E-state index contributed by atoms with van der Waals surface area (Å²) in [4.78, 5) is 11.7. The minimum absolute atomic E-state index is 0.0264. The lowest BCUT2D eigenvalue weighted by molar-refractivity contribution is 0.102. The third kappa shape index (κ3) is 4.28. The zero-order chi connectivity index (χ0) is 15.5. The summed E-state index contributed by atoms with van der Waals surface area (Å²) in [5.41, 5.74) is 0.334. The van der Waals surface area contributed by atoms with Crippen LogP contribution in [0.2, 0.25) is 5.02 Å². The van der Waals surface area contributed by atoms with Crippen LogP contribution in [0.25, 0.3) is 0 Å². The third-order valence-corrected chi connectivity index (χ3v) is 6.10. The molecule has 0 saturated heterocycles. The first kappa shape index (κ1) is 16.9. The Morgan fingerprint density at radius 1 is 1.29 bits per heavy atom. The van der Waals surface area contributed by atoms with Gasteiger partial charge in [-0.2, -0.15) is 0 Å². The second-order valence-corrected chi connectivity index (χ2v) is 7.81. The second-order valence-electron chi connectivity index (χ2n) is 5.16. The van der Waals surface area contributed by atoms with Crippen molar-refractivity contribution in [3.8, 4) is 0 Å². The Labute approximate surface area is 138 Å². The average molecular weight is 395 g/mol. The van der Waals surface area contributed by atoms with Gasteiger partial charge >= 0.3 is 0 Å². The maximum Gasteiger partial charge on any atom is 0.242 e. The van der Waals surface area contributed by atoms with Crippen molar-refractivity contribution in [2.24, 2.45) is 0 Å². The van der Waals surface area contributed by atoms with Crippen LogP contribution in [0.15, 0.2) is 23.1 Å². The molecule has 1 aliphatic carbocycles. The highest BCUT2D eigenvalue weighted by Gasteiger charge is 2.24. The molecule has 1 N–H and O–H groups in total. The molecule has 0 heterocycles. The Morgan fingerprint density at radius 3 is 2.57 bits per heavy atom. The topological polar surface area (TPSA) is 63.2 Å². The molecule has 2 rings (SSSR count). The number of benzene rings is 1. The largest absolute Gasteiger partial charge is 0.293 e. The van der Waals surface area contributed by atoms with Gasteiger partial charge in [0.15, 0.2) is 5.78 Å². The van der Waals surface area contributed by atoms with Gasteiger partial charge in [0, 0.05) is 11.6 Å². The number of alkyl halides is 1. The number of carbonyl (C=O) groups excluding carboxylic acids is 1. The summed E-state index contributed by atoms with van der Waals surface area (Å²) in [5.74, 6) is -0.180. The fourth-order valence-corrected chi connectivity index (χ4v) is 4.62. The molecule has 1 aromatic rings. The maximum absolute atomic E-state index is 12.5. The van der Waals surface area contributed by atoms with Gasteiger partial charge in [0.2, 0.25) is 10.0 Å². The Hall–Kier alpha value is -0.430. The van der Waals surface area contributed by atoms with Gasteiger partial charge in [-0.15, -0.1) is 0 Å². The van der Waals surface area contributed by atoms with Gasteiger partial charge in [0.25, 0.3) is 0 Å². The van der Waals surface area contributed by atoms with Gasteiger partial charge in [-0.05, 0) is 31.0 Å². The van der Waals surface area contributed by atoms with Crippen LogP contribution in [0, 0.1) is 0 Å². The first-order valence-electron chi connectivity index (χ1n) is 6.85. The monoisotopic (exact) mass is 393 g/mol. The Kier molecular flexibility index (Phi) is 5.82. The fraction of sp³-hybridized carbons (Fsp3) is 0.500. The lowest BCUT2D eigenvalue weighted by Crippen LogP contribution is -2.36. The first-order chi connectivity index (χ1) is 9.94. The summed E-state index contributed by atoms with van der Waals surface area (Å²) in [5, 5.41) is 0.272. The lowest BCUT2D eigenvalue weighted by Gasteiger charge is -2.23. The lowest BCUT2D eigenvalue weighted by atomic mass is 9.96. The van der Waals surface area contributed by atoms with Gasteiger partial charge in [-0.25, -0.2) is 13.1 Å². The van der Waals surface area contributed by atoms with Crippen molar-refractivity contribution in [1.29, 1.82) is 0 Å². The van der Waals surface area contributed by atoms with E-state index in [0.717, 1.165) is 32.1 Å². The minimum Gasteiger partial charge on any atom is -0.293 e. The number of rotatable bonds is 5. The maximum atomic E-state index is 12.5. The van der Waals surface area contributed by atoms with Gasteiger partial charge in [-0.1, -0.05) is 46.8 Å². The average Bonchev–Trinajstić information content (AvgIpc) is 2.47. The zero-order valence-electron chi connectivity index (χ0n) is 11.4. The second kappa shape index (κ2) is 7.22. The summed E-state index contributed by atoms with van der Waals surface area (Å²) >= 11 is 9.08. The minimum atomic E-state index is -3.70.